The van der Waals surface area contributed by atoms with E-state index in [4.69, 9.17) is 4.99 Å². The highest BCUT2D eigenvalue weighted by Crippen LogP contribution is 2.50. The van der Waals surface area contributed by atoms with Crippen LogP contribution in [0.25, 0.3) is 0 Å². The Morgan fingerprint density at radius 1 is 1.32 bits per heavy atom. The van der Waals surface area contributed by atoms with E-state index in [-0.39, 0.29) is 5.41 Å². The molecule has 1 aliphatic rings. The summed E-state index contributed by atoms with van der Waals surface area (Å²) in [5.41, 5.74) is 2.76. The van der Waals surface area contributed by atoms with E-state index in [0.29, 0.717) is 0 Å². The van der Waals surface area contributed by atoms with Crippen molar-refractivity contribution < 1.29 is 0 Å². The molecular weight excluding hydrogens is 378 g/mol. The highest BCUT2D eigenvalue weighted by atomic mass is 79.9. The molecule has 2 N–H and O–H groups in total. The molecule has 1 aromatic carbocycles. The van der Waals surface area contributed by atoms with E-state index >= 15 is 0 Å². The van der Waals surface area contributed by atoms with Gasteiger partial charge < -0.3 is 10.6 Å². The van der Waals surface area contributed by atoms with Crippen LogP contribution < -0.4 is 10.6 Å². The lowest BCUT2D eigenvalue weighted by Crippen LogP contribution is -2.39. The maximum Gasteiger partial charge on any atom is 0.191 e. The molecule has 0 aliphatic heterocycles. The van der Waals surface area contributed by atoms with Gasteiger partial charge in [-0.3, -0.25) is 9.67 Å². The maximum absolute atomic E-state index is 4.85. The maximum atomic E-state index is 4.85. The number of nitrogens with one attached hydrogen (secondary N) is 2. The fourth-order valence-electron chi connectivity index (χ4n) is 3.01. The standard InChI is InChI=1S/C19H26BrN5/c1-3-21-18(22-10-11-25-13-15(2)12-24-25)23-14-19(8-9-19)16-6-4-5-7-17(16)20/h4-7,12-13H,3,8-11,14H2,1-2H3,(H2,21,22,23). The van der Waals surface area contributed by atoms with E-state index in [1.807, 2.05) is 10.9 Å². The highest BCUT2D eigenvalue weighted by Gasteiger charge is 2.45. The van der Waals surface area contributed by atoms with E-state index in [2.05, 4.69) is 76.0 Å². The van der Waals surface area contributed by atoms with Crippen molar-refractivity contribution >= 4 is 21.9 Å². The molecule has 0 atom stereocenters. The van der Waals surface area contributed by atoms with Crippen LogP contribution in [0.4, 0.5) is 0 Å². The van der Waals surface area contributed by atoms with Gasteiger partial charge in [-0.1, -0.05) is 34.1 Å². The first-order valence-corrected chi connectivity index (χ1v) is 9.68. The molecule has 134 valence electrons. The molecule has 1 aromatic heterocycles. The van der Waals surface area contributed by atoms with Gasteiger partial charge in [0, 0.05) is 29.2 Å². The fraction of sp³-hybridized carbons (Fsp3) is 0.474. The summed E-state index contributed by atoms with van der Waals surface area (Å²) >= 11 is 3.69. The van der Waals surface area contributed by atoms with Crippen LogP contribution in [0.3, 0.4) is 0 Å². The molecule has 0 bridgehead atoms. The van der Waals surface area contributed by atoms with E-state index in [9.17, 15) is 0 Å². The van der Waals surface area contributed by atoms with Crippen molar-refractivity contribution in [2.45, 2.75) is 38.6 Å². The van der Waals surface area contributed by atoms with Gasteiger partial charge in [0.2, 0.25) is 0 Å². The second-order valence-electron chi connectivity index (χ2n) is 6.66. The van der Waals surface area contributed by atoms with Crippen LogP contribution in [-0.4, -0.2) is 35.4 Å². The quantitative estimate of drug-likeness (QED) is 0.550. The van der Waals surface area contributed by atoms with Crippen molar-refractivity contribution in [2.24, 2.45) is 4.99 Å². The van der Waals surface area contributed by atoms with E-state index in [1.54, 1.807) is 0 Å². The number of aromatic nitrogens is 2. The average Bonchev–Trinajstić information content (AvgIpc) is 3.28. The van der Waals surface area contributed by atoms with Crippen LogP contribution in [0.1, 0.15) is 30.9 Å². The minimum atomic E-state index is 0.196. The number of guanidine groups is 1. The summed E-state index contributed by atoms with van der Waals surface area (Å²) in [5, 5.41) is 11.1. The molecule has 1 fully saturated rings. The van der Waals surface area contributed by atoms with Crippen molar-refractivity contribution in [3.8, 4) is 0 Å². The zero-order valence-corrected chi connectivity index (χ0v) is 16.5. The molecule has 0 spiro atoms. The van der Waals surface area contributed by atoms with Gasteiger partial charge in [-0.2, -0.15) is 5.10 Å². The summed E-state index contributed by atoms with van der Waals surface area (Å²) in [4.78, 5) is 4.85. The van der Waals surface area contributed by atoms with Gasteiger partial charge in [0.1, 0.15) is 0 Å². The highest BCUT2D eigenvalue weighted by molar-refractivity contribution is 9.10. The molecule has 2 aromatic rings. The number of benzene rings is 1. The first kappa shape index (κ1) is 18.0. The van der Waals surface area contributed by atoms with Crippen molar-refractivity contribution in [2.75, 3.05) is 19.6 Å². The zero-order valence-electron chi connectivity index (χ0n) is 14.9. The largest absolute Gasteiger partial charge is 0.357 e. The minimum absolute atomic E-state index is 0.196. The normalized spacial score (nSPS) is 15.9. The van der Waals surface area contributed by atoms with Crippen molar-refractivity contribution in [1.29, 1.82) is 0 Å². The van der Waals surface area contributed by atoms with Gasteiger partial charge in [0.05, 0.1) is 19.3 Å². The SMILES string of the molecule is CCNC(=NCC1(c2ccccc2Br)CC1)NCCn1cc(C)cn1. The molecule has 5 nitrogen and oxygen atoms in total. The molecule has 0 radical (unpaired) electrons. The van der Waals surface area contributed by atoms with E-state index < -0.39 is 0 Å². The Kier molecular flexibility index (Phi) is 5.78. The third-order valence-electron chi connectivity index (χ3n) is 4.58. The number of halogens is 1. The lowest BCUT2D eigenvalue weighted by molar-refractivity contribution is 0.595. The number of hydrogen-bond acceptors (Lipinski definition) is 2. The summed E-state index contributed by atoms with van der Waals surface area (Å²) in [6, 6.07) is 8.51. The lowest BCUT2D eigenvalue weighted by atomic mass is 9.96. The van der Waals surface area contributed by atoms with E-state index in [1.165, 1.54) is 28.4 Å². The molecule has 3 rings (SSSR count). The van der Waals surface area contributed by atoms with Crippen molar-refractivity contribution in [3.63, 3.8) is 0 Å². The van der Waals surface area contributed by atoms with Gasteiger partial charge in [-0.15, -0.1) is 0 Å². The smallest absolute Gasteiger partial charge is 0.191 e. The van der Waals surface area contributed by atoms with Gasteiger partial charge >= 0.3 is 0 Å². The molecule has 0 amide bonds. The van der Waals surface area contributed by atoms with Gasteiger partial charge in [-0.05, 0) is 43.9 Å². The van der Waals surface area contributed by atoms with Gasteiger partial charge in [0.15, 0.2) is 5.96 Å². The number of aryl methyl sites for hydroxylation is 1. The zero-order chi connectivity index (χ0) is 17.7. The predicted molar refractivity (Wildman–Crippen MR) is 106 cm³/mol. The second-order valence-corrected chi connectivity index (χ2v) is 7.52. The second kappa shape index (κ2) is 8.04. The Morgan fingerprint density at radius 2 is 2.12 bits per heavy atom. The lowest BCUT2D eigenvalue weighted by Gasteiger charge is -2.17. The summed E-state index contributed by atoms with van der Waals surface area (Å²) in [6.07, 6.45) is 6.34. The number of rotatable bonds is 7. The topological polar surface area (TPSA) is 54.2 Å². The predicted octanol–water partition coefficient (Wildman–Crippen LogP) is 3.24. The molecule has 25 heavy (non-hydrogen) atoms. The first-order valence-electron chi connectivity index (χ1n) is 8.89. The third-order valence-corrected chi connectivity index (χ3v) is 5.27. The van der Waals surface area contributed by atoms with E-state index in [0.717, 1.165) is 32.1 Å². The summed E-state index contributed by atoms with van der Waals surface area (Å²) in [7, 11) is 0. The Labute approximate surface area is 158 Å². The van der Waals surface area contributed by atoms with Crippen molar-refractivity contribution in [1.82, 2.24) is 20.4 Å². The number of aliphatic imine (C=N–C) groups is 1. The van der Waals surface area contributed by atoms with Crippen LogP contribution in [-0.2, 0) is 12.0 Å². The summed E-state index contributed by atoms with van der Waals surface area (Å²) < 4.78 is 3.14. The van der Waals surface area contributed by atoms with Gasteiger partial charge in [-0.25, -0.2) is 0 Å². The van der Waals surface area contributed by atoms with Crippen LogP contribution >= 0.6 is 15.9 Å². The van der Waals surface area contributed by atoms with Crippen LogP contribution in [0.2, 0.25) is 0 Å². The Balaban J connectivity index is 1.59. The molecule has 1 aliphatic carbocycles. The van der Waals surface area contributed by atoms with Crippen LogP contribution in [0.5, 0.6) is 0 Å². The molecule has 1 saturated carbocycles. The van der Waals surface area contributed by atoms with Crippen molar-refractivity contribution in [3.05, 3.63) is 52.3 Å². The first-order chi connectivity index (χ1) is 12.1. The molecule has 0 unspecified atom stereocenters. The minimum Gasteiger partial charge on any atom is -0.357 e. The van der Waals surface area contributed by atoms with Gasteiger partial charge in [0.25, 0.3) is 0 Å². The fourth-order valence-corrected chi connectivity index (χ4v) is 3.71. The molecule has 6 heteroatoms. The monoisotopic (exact) mass is 403 g/mol. The average molecular weight is 404 g/mol. The Bertz CT molecular complexity index is 733. The number of hydrogen-bond donors (Lipinski definition) is 2. The summed E-state index contributed by atoms with van der Waals surface area (Å²) in [6.45, 7) is 7.44. The number of nitrogens with zero attached hydrogens (tertiary/aromatic N) is 3. The third kappa shape index (κ3) is 4.63. The molecular formula is C19H26BrN5. The van der Waals surface area contributed by atoms with Crippen LogP contribution in [0.15, 0.2) is 46.1 Å². The van der Waals surface area contributed by atoms with Crippen LogP contribution in [0, 0.1) is 6.92 Å². The Morgan fingerprint density at radius 3 is 2.76 bits per heavy atom. The summed E-state index contributed by atoms with van der Waals surface area (Å²) in [5.74, 6) is 0.879. The molecule has 0 saturated heterocycles. The Hall–Kier alpha value is -1.82. The molecule has 1 heterocycles.